The van der Waals surface area contributed by atoms with E-state index in [0.29, 0.717) is 19.1 Å². The number of nitrogens with two attached hydrogens (primary N) is 1. The van der Waals surface area contributed by atoms with Crippen molar-refractivity contribution in [3.8, 4) is 0 Å². The molecule has 1 aliphatic rings. The SMILES string of the molecule is COCCn1ncc(Br)c1C(NN)C1OCCC1C. The van der Waals surface area contributed by atoms with E-state index in [4.69, 9.17) is 15.3 Å². The third-order valence-corrected chi connectivity index (χ3v) is 4.20. The van der Waals surface area contributed by atoms with Crippen LogP contribution in [0.3, 0.4) is 0 Å². The van der Waals surface area contributed by atoms with E-state index in [1.807, 2.05) is 4.68 Å². The van der Waals surface area contributed by atoms with Crippen molar-refractivity contribution in [3.63, 3.8) is 0 Å². The van der Waals surface area contributed by atoms with Gasteiger partial charge in [-0.3, -0.25) is 10.5 Å². The minimum absolute atomic E-state index is 0.0688. The molecule has 2 rings (SSSR count). The standard InChI is InChI=1S/C12H21BrN4O2/c1-8-3-5-19-12(8)10(16-14)11-9(13)7-15-17(11)4-6-18-2/h7-8,10,12,16H,3-6,14H2,1-2H3. The zero-order valence-corrected chi connectivity index (χ0v) is 12.9. The van der Waals surface area contributed by atoms with Crippen LogP contribution in [0.2, 0.25) is 0 Å². The second kappa shape index (κ2) is 6.81. The molecule has 108 valence electrons. The summed E-state index contributed by atoms with van der Waals surface area (Å²) in [5.74, 6) is 6.22. The van der Waals surface area contributed by atoms with Gasteiger partial charge in [-0.2, -0.15) is 5.10 Å². The van der Waals surface area contributed by atoms with E-state index in [1.165, 1.54) is 0 Å². The molecule has 2 heterocycles. The zero-order valence-electron chi connectivity index (χ0n) is 11.3. The lowest BCUT2D eigenvalue weighted by Crippen LogP contribution is -2.40. The largest absolute Gasteiger partial charge is 0.383 e. The van der Waals surface area contributed by atoms with Gasteiger partial charge in [0.1, 0.15) is 0 Å². The number of hydrogen-bond donors (Lipinski definition) is 2. The Hall–Kier alpha value is -0.470. The highest BCUT2D eigenvalue weighted by atomic mass is 79.9. The first-order valence-corrected chi connectivity index (χ1v) is 7.26. The van der Waals surface area contributed by atoms with Gasteiger partial charge in [-0.15, -0.1) is 0 Å². The molecule has 0 spiro atoms. The predicted octanol–water partition coefficient (Wildman–Crippen LogP) is 1.22. The first-order valence-electron chi connectivity index (χ1n) is 6.47. The van der Waals surface area contributed by atoms with Gasteiger partial charge < -0.3 is 9.47 Å². The van der Waals surface area contributed by atoms with Crippen LogP contribution < -0.4 is 11.3 Å². The summed E-state index contributed by atoms with van der Waals surface area (Å²) in [6, 6.07) is -0.0776. The Morgan fingerprint density at radius 1 is 1.74 bits per heavy atom. The summed E-state index contributed by atoms with van der Waals surface area (Å²) in [5.41, 5.74) is 3.89. The molecule has 1 aliphatic heterocycles. The van der Waals surface area contributed by atoms with Gasteiger partial charge in [-0.1, -0.05) is 6.92 Å². The number of aromatic nitrogens is 2. The molecule has 3 N–H and O–H groups in total. The van der Waals surface area contributed by atoms with Crippen molar-refractivity contribution in [2.45, 2.75) is 32.0 Å². The first-order chi connectivity index (χ1) is 9.19. The van der Waals surface area contributed by atoms with Crippen molar-refractivity contribution >= 4 is 15.9 Å². The van der Waals surface area contributed by atoms with Gasteiger partial charge in [0.15, 0.2) is 0 Å². The van der Waals surface area contributed by atoms with Crippen LogP contribution in [-0.4, -0.2) is 36.2 Å². The van der Waals surface area contributed by atoms with Crippen LogP contribution >= 0.6 is 15.9 Å². The molecule has 0 radical (unpaired) electrons. The molecular formula is C12H21BrN4O2. The average Bonchev–Trinajstić information content (AvgIpc) is 2.97. The van der Waals surface area contributed by atoms with E-state index < -0.39 is 0 Å². The van der Waals surface area contributed by atoms with Crippen molar-refractivity contribution in [1.29, 1.82) is 0 Å². The highest BCUT2D eigenvalue weighted by molar-refractivity contribution is 9.10. The number of nitrogens with zero attached hydrogens (tertiary/aromatic N) is 2. The fourth-order valence-electron chi connectivity index (χ4n) is 2.51. The average molecular weight is 333 g/mol. The Morgan fingerprint density at radius 2 is 2.53 bits per heavy atom. The van der Waals surface area contributed by atoms with Gasteiger partial charge >= 0.3 is 0 Å². The lowest BCUT2D eigenvalue weighted by Gasteiger charge is -2.26. The highest BCUT2D eigenvalue weighted by Crippen LogP contribution is 2.34. The van der Waals surface area contributed by atoms with Crippen LogP contribution in [0, 0.1) is 5.92 Å². The van der Waals surface area contributed by atoms with Gasteiger partial charge in [0.05, 0.1) is 41.7 Å². The third-order valence-electron chi connectivity index (χ3n) is 3.59. The maximum absolute atomic E-state index is 5.82. The smallest absolute Gasteiger partial charge is 0.0904 e. The first kappa shape index (κ1) is 14.9. The maximum Gasteiger partial charge on any atom is 0.0904 e. The lowest BCUT2D eigenvalue weighted by molar-refractivity contribution is 0.0571. The normalized spacial score (nSPS) is 24.8. The number of halogens is 1. The Bertz CT molecular complexity index is 412. The minimum atomic E-state index is -0.0776. The van der Waals surface area contributed by atoms with Crippen molar-refractivity contribution in [2.24, 2.45) is 11.8 Å². The van der Waals surface area contributed by atoms with E-state index in [-0.39, 0.29) is 12.1 Å². The molecule has 0 aliphatic carbocycles. The molecule has 3 atom stereocenters. The topological polar surface area (TPSA) is 74.3 Å². The van der Waals surface area contributed by atoms with Crippen LogP contribution in [0.15, 0.2) is 10.7 Å². The fraction of sp³-hybridized carbons (Fsp3) is 0.750. The molecule has 0 saturated carbocycles. The molecule has 3 unspecified atom stereocenters. The summed E-state index contributed by atoms with van der Waals surface area (Å²) >= 11 is 3.54. The number of hydrazine groups is 1. The van der Waals surface area contributed by atoms with Crippen LogP contribution in [0.1, 0.15) is 25.1 Å². The van der Waals surface area contributed by atoms with E-state index in [1.54, 1.807) is 13.3 Å². The summed E-state index contributed by atoms with van der Waals surface area (Å²) in [6.07, 6.45) is 2.92. The number of nitrogens with one attached hydrogen (secondary N) is 1. The predicted molar refractivity (Wildman–Crippen MR) is 75.4 cm³/mol. The molecular weight excluding hydrogens is 312 g/mol. The van der Waals surface area contributed by atoms with Crippen LogP contribution in [0.4, 0.5) is 0 Å². The minimum Gasteiger partial charge on any atom is -0.383 e. The number of hydrogen-bond acceptors (Lipinski definition) is 5. The van der Waals surface area contributed by atoms with Crippen LogP contribution in [-0.2, 0) is 16.0 Å². The van der Waals surface area contributed by atoms with Crippen LogP contribution in [0.25, 0.3) is 0 Å². The molecule has 0 bridgehead atoms. The Morgan fingerprint density at radius 3 is 3.11 bits per heavy atom. The van der Waals surface area contributed by atoms with E-state index in [2.05, 4.69) is 33.4 Å². The Balaban J connectivity index is 2.24. The summed E-state index contributed by atoms with van der Waals surface area (Å²) in [4.78, 5) is 0. The Kier molecular flexibility index (Phi) is 5.35. The van der Waals surface area contributed by atoms with E-state index in [0.717, 1.165) is 23.2 Å². The van der Waals surface area contributed by atoms with Gasteiger partial charge in [-0.25, -0.2) is 5.43 Å². The molecule has 1 aromatic heterocycles. The summed E-state index contributed by atoms with van der Waals surface area (Å²) < 4.78 is 13.8. The zero-order chi connectivity index (χ0) is 13.8. The number of ether oxygens (including phenoxy) is 2. The van der Waals surface area contributed by atoms with Gasteiger partial charge in [0.2, 0.25) is 0 Å². The number of rotatable bonds is 6. The second-order valence-corrected chi connectivity index (χ2v) is 5.69. The quantitative estimate of drug-likeness (QED) is 0.605. The van der Waals surface area contributed by atoms with Gasteiger partial charge in [-0.05, 0) is 28.3 Å². The summed E-state index contributed by atoms with van der Waals surface area (Å²) in [7, 11) is 1.68. The highest BCUT2D eigenvalue weighted by Gasteiger charge is 2.35. The van der Waals surface area contributed by atoms with E-state index >= 15 is 0 Å². The van der Waals surface area contributed by atoms with Gasteiger partial charge in [0, 0.05) is 13.7 Å². The van der Waals surface area contributed by atoms with Crippen molar-refractivity contribution in [1.82, 2.24) is 15.2 Å². The van der Waals surface area contributed by atoms with Crippen molar-refractivity contribution in [3.05, 3.63) is 16.4 Å². The van der Waals surface area contributed by atoms with Crippen LogP contribution in [0.5, 0.6) is 0 Å². The molecule has 1 fully saturated rings. The molecule has 1 saturated heterocycles. The third kappa shape index (κ3) is 3.17. The van der Waals surface area contributed by atoms with Crippen molar-refractivity contribution in [2.75, 3.05) is 20.3 Å². The summed E-state index contributed by atoms with van der Waals surface area (Å²) in [5, 5.41) is 4.36. The molecule has 7 heteroatoms. The lowest BCUT2D eigenvalue weighted by atomic mass is 9.96. The van der Waals surface area contributed by atoms with Gasteiger partial charge in [0.25, 0.3) is 0 Å². The maximum atomic E-state index is 5.82. The molecule has 6 nitrogen and oxygen atoms in total. The number of methoxy groups -OCH3 is 1. The molecule has 0 aromatic carbocycles. The summed E-state index contributed by atoms with van der Waals surface area (Å²) in [6.45, 7) is 4.27. The monoisotopic (exact) mass is 332 g/mol. The van der Waals surface area contributed by atoms with E-state index in [9.17, 15) is 0 Å². The molecule has 0 amide bonds. The van der Waals surface area contributed by atoms with Crippen molar-refractivity contribution < 1.29 is 9.47 Å². The molecule has 1 aromatic rings. The second-order valence-electron chi connectivity index (χ2n) is 4.84. The Labute approximate surface area is 121 Å². The molecule has 19 heavy (non-hydrogen) atoms. The fourth-order valence-corrected chi connectivity index (χ4v) is 3.05.